The molecule has 8 nitrogen and oxygen atoms in total. The van der Waals surface area contributed by atoms with Crippen molar-refractivity contribution in [2.75, 3.05) is 25.1 Å². The van der Waals surface area contributed by atoms with Crippen molar-refractivity contribution in [1.29, 1.82) is 0 Å². The number of hydrogen-bond acceptors (Lipinski definition) is 8. The monoisotopic (exact) mass is 523 g/mol. The molecule has 1 fully saturated rings. The molecule has 0 saturated carbocycles. The van der Waals surface area contributed by atoms with Gasteiger partial charge in [-0.25, -0.2) is 31.1 Å². The Labute approximate surface area is 205 Å². The summed E-state index contributed by atoms with van der Waals surface area (Å²) in [5.74, 6) is 0.462. The predicted octanol–water partition coefficient (Wildman–Crippen LogP) is 3.98. The first-order chi connectivity index (χ1) is 16.1. The highest BCUT2D eigenvalue weighted by molar-refractivity contribution is 7.90. The van der Waals surface area contributed by atoms with Gasteiger partial charge in [0, 0.05) is 24.9 Å². The molecule has 0 N–H and O–H groups in total. The van der Waals surface area contributed by atoms with Gasteiger partial charge in [0.2, 0.25) is 10.0 Å². The summed E-state index contributed by atoms with van der Waals surface area (Å²) in [7, 11) is -6.40. The van der Waals surface area contributed by atoms with E-state index >= 15 is 0 Å². The van der Waals surface area contributed by atoms with Crippen LogP contribution in [0.5, 0.6) is 5.19 Å². The molecule has 4 rings (SSSR count). The Morgan fingerprint density at radius 1 is 1.06 bits per heavy atom. The van der Waals surface area contributed by atoms with Crippen molar-refractivity contribution in [2.45, 2.75) is 44.1 Å². The second kappa shape index (κ2) is 9.88. The second-order valence-electron chi connectivity index (χ2n) is 8.67. The molecule has 0 spiro atoms. The molecule has 1 aromatic carbocycles. The van der Waals surface area contributed by atoms with Gasteiger partial charge in [0.05, 0.1) is 16.3 Å². The maximum Gasteiger partial charge on any atom is 0.276 e. The quantitative estimate of drug-likeness (QED) is 0.440. The molecule has 184 valence electrons. The van der Waals surface area contributed by atoms with E-state index in [4.69, 9.17) is 4.74 Å². The van der Waals surface area contributed by atoms with Crippen molar-refractivity contribution in [3.63, 3.8) is 0 Å². The Hall–Kier alpha value is -2.08. The highest BCUT2D eigenvalue weighted by atomic mass is 32.2. The molecule has 1 saturated heterocycles. The Morgan fingerprint density at radius 2 is 1.74 bits per heavy atom. The lowest BCUT2D eigenvalue weighted by atomic mass is 9.93. The largest absolute Gasteiger partial charge is 0.467 e. The summed E-state index contributed by atoms with van der Waals surface area (Å²) in [4.78, 5) is 10.3. The van der Waals surface area contributed by atoms with Gasteiger partial charge < -0.3 is 4.74 Å². The SMILES string of the molecule is CCCS(=O)(=O)N1CCC(C(C)Oc2nc3ccc(-c4ccc(S(C)(=O)=O)cc4)nc3s2)CC1. The van der Waals surface area contributed by atoms with Gasteiger partial charge in [0.25, 0.3) is 5.19 Å². The van der Waals surface area contributed by atoms with Gasteiger partial charge in [-0.15, -0.1) is 0 Å². The Morgan fingerprint density at radius 3 is 2.35 bits per heavy atom. The van der Waals surface area contributed by atoms with Crippen LogP contribution >= 0.6 is 11.3 Å². The highest BCUT2D eigenvalue weighted by Gasteiger charge is 2.31. The van der Waals surface area contributed by atoms with Crippen LogP contribution < -0.4 is 4.74 Å². The summed E-state index contributed by atoms with van der Waals surface area (Å²) in [6.07, 6.45) is 3.26. The minimum Gasteiger partial charge on any atom is -0.467 e. The lowest BCUT2D eigenvalue weighted by Crippen LogP contribution is -2.42. The molecule has 11 heteroatoms. The van der Waals surface area contributed by atoms with E-state index < -0.39 is 19.9 Å². The van der Waals surface area contributed by atoms with Crippen molar-refractivity contribution < 1.29 is 21.6 Å². The molecule has 0 bridgehead atoms. The Balaban J connectivity index is 1.43. The van der Waals surface area contributed by atoms with Crippen LogP contribution in [0.25, 0.3) is 21.6 Å². The number of ether oxygens (including phenoxy) is 1. The number of aromatic nitrogens is 2. The molecule has 0 aliphatic carbocycles. The van der Waals surface area contributed by atoms with Crippen molar-refractivity contribution in [2.24, 2.45) is 5.92 Å². The summed E-state index contributed by atoms with van der Waals surface area (Å²) in [5, 5.41) is 0.542. The topological polar surface area (TPSA) is 107 Å². The number of pyridine rings is 1. The molecular weight excluding hydrogens is 494 g/mol. The van der Waals surface area contributed by atoms with Gasteiger partial charge in [0.1, 0.15) is 16.5 Å². The molecule has 34 heavy (non-hydrogen) atoms. The van der Waals surface area contributed by atoms with E-state index in [2.05, 4.69) is 9.97 Å². The van der Waals surface area contributed by atoms with Crippen LogP contribution in [-0.2, 0) is 19.9 Å². The third kappa shape index (κ3) is 5.59. The molecule has 1 unspecified atom stereocenters. The molecule has 3 heterocycles. The number of fused-ring (bicyclic) bond motifs is 1. The minimum absolute atomic E-state index is 0.0837. The van der Waals surface area contributed by atoms with Crippen LogP contribution in [0.4, 0.5) is 0 Å². The van der Waals surface area contributed by atoms with Crippen LogP contribution in [-0.4, -0.2) is 62.3 Å². The molecule has 1 atom stereocenters. The fourth-order valence-corrected chi connectivity index (χ4v) is 7.19. The van der Waals surface area contributed by atoms with Gasteiger partial charge in [-0.05, 0) is 56.4 Å². The molecule has 1 aliphatic heterocycles. The molecule has 2 aromatic heterocycles. The average molecular weight is 524 g/mol. The number of sulfone groups is 1. The van der Waals surface area contributed by atoms with E-state index in [0.717, 1.165) is 34.4 Å². The van der Waals surface area contributed by atoms with Crippen molar-refractivity contribution >= 4 is 41.5 Å². The lowest BCUT2D eigenvalue weighted by Gasteiger charge is -2.33. The number of sulfonamides is 1. The Bertz CT molecular complexity index is 1360. The zero-order valence-corrected chi connectivity index (χ0v) is 21.9. The van der Waals surface area contributed by atoms with Gasteiger partial charge in [0.15, 0.2) is 9.84 Å². The van der Waals surface area contributed by atoms with Gasteiger partial charge >= 0.3 is 0 Å². The van der Waals surface area contributed by atoms with Crippen LogP contribution in [0.3, 0.4) is 0 Å². The van der Waals surface area contributed by atoms with Gasteiger partial charge in [-0.2, -0.15) is 0 Å². The number of hydrogen-bond donors (Lipinski definition) is 0. The molecule has 3 aromatic rings. The summed E-state index contributed by atoms with van der Waals surface area (Å²) in [5.41, 5.74) is 2.30. The molecule has 0 amide bonds. The first-order valence-corrected chi connectivity index (χ1v) is 15.6. The van der Waals surface area contributed by atoms with E-state index in [1.54, 1.807) is 28.6 Å². The third-order valence-electron chi connectivity index (χ3n) is 6.12. The van der Waals surface area contributed by atoms with E-state index in [0.29, 0.717) is 24.7 Å². The van der Waals surface area contributed by atoms with Crippen molar-refractivity contribution in [3.05, 3.63) is 36.4 Å². The lowest BCUT2D eigenvalue weighted by molar-refractivity contribution is 0.111. The Kier molecular flexibility index (Phi) is 7.28. The second-order valence-corrected chi connectivity index (χ2v) is 13.7. The number of benzene rings is 1. The molecular formula is C23H29N3O5S3. The minimum atomic E-state index is -3.24. The predicted molar refractivity (Wildman–Crippen MR) is 134 cm³/mol. The number of piperidine rings is 1. The van der Waals surface area contributed by atoms with Crippen LogP contribution in [0.1, 0.15) is 33.1 Å². The third-order valence-corrected chi connectivity index (χ3v) is 10.2. The van der Waals surface area contributed by atoms with E-state index in [1.165, 1.54) is 17.6 Å². The van der Waals surface area contributed by atoms with E-state index in [1.807, 2.05) is 26.0 Å². The maximum atomic E-state index is 12.3. The molecule has 1 aliphatic rings. The summed E-state index contributed by atoms with van der Waals surface area (Å²) in [6.45, 7) is 4.95. The smallest absolute Gasteiger partial charge is 0.276 e. The number of thiazole rings is 1. The normalized spacial score (nSPS) is 17.1. The zero-order valence-electron chi connectivity index (χ0n) is 19.5. The first kappa shape index (κ1) is 25.0. The van der Waals surface area contributed by atoms with Gasteiger partial charge in [-0.3, -0.25) is 0 Å². The van der Waals surface area contributed by atoms with Crippen molar-refractivity contribution in [1.82, 2.24) is 14.3 Å². The fourth-order valence-electron chi connectivity index (χ4n) is 4.15. The zero-order chi connectivity index (χ0) is 24.5. The first-order valence-electron chi connectivity index (χ1n) is 11.3. The van der Waals surface area contributed by atoms with Crippen LogP contribution in [0.15, 0.2) is 41.3 Å². The molecule has 0 radical (unpaired) electrons. The van der Waals surface area contributed by atoms with Crippen LogP contribution in [0.2, 0.25) is 0 Å². The van der Waals surface area contributed by atoms with Crippen molar-refractivity contribution in [3.8, 4) is 16.5 Å². The highest BCUT2D eigenvalue weighted by Crippen LogP contribution is 2.32. The maximum absolute atomic E-state index is 12.3. The van der Waals surface area contributed by atoms with E-state index in [9.17, 15) is 16.8 Å². The summed E-state index contributed by atoms with van der Waals surface area (Å²) < 4.78 is 55.7. The fraction of sp³-hybridized carbons (Fsp3) is 0.478. The van der Waals surface area contributed by atoms with E-state index in [-0.39, 0.29) is 22.7 Å². The van der Waals surface area contributed by atoms with Gasteiger partial charge in [-0.1, -0.05) is 30.4 Å². The standard InChI is InChI=1S/C23H29N3O5S3/c1-4-15-34(29,30)26-13-11-17(12-14-26)16(2)31-23-25-21-10-9-20(24-22(21)32-23)18-5-7-19(8-6-18)33(3,27)28/h5-10,16-17H,4,11-15H2,1-3H3. The summed E-state index contributed by atoms with van der Waals surface area (Å²) >= 11 is 1.37. The number of rotatable bonds is 8. The van der Waals surface area contributed by atoms with Crippen LogP contribution in [0, 0.1) is 5.92 Å². The average Bonchev–Trinajstić information content (AvgIpc) is 3.20. The number of nitrogens with zero attached hydrogens (tertiary/aromatic N) is 3. The summed E-state index contributed by atoms with van der Waals surface area (Å²) in [6, 6.07) is 10.4.